The van der Waals surface area contributed by atoms with E-state index in [9.17, 15) is 0 Å². The minimum Gasteiger partial charge on any atom is -0.0616 e. The van der Waals surface area contributed by atoms with Gasteiger partial charge in [0.15, 0.2) is 0 Å². The van der Waals surface area contributed by atoms with Gasteiger partial charge in [-0.15, -0.1) is 0 Å². The summed E-state index contributed by atoms with van der Waals surface area (Å²) in [6.07, 6.45) is 9.77. The number of hydrogen-bond donors (Lipinski definition) is 0. The van der Waals surface area contributed by atoms with E-state index < -0.39 is 0 Å². The minimum atomic E-state index is 0.371. The van der Waals surface area contributed by atoms with Gasteiger partial charge in [-0.1, -0.05) is 70.5 Å². The second-order valence-corrected chi connectivity index (χ2v) is 10.8. The highest BCUT2D eigenvalue weighted by Crippen LogP contribution is 2.67. The summed E-state index contributed by atoms with van der Waals surface area (Å²) < 4.78 is 0. The van der Waals surface area contributed by atoms with Crippen LogP contribution in [0.25, 0.3) is 10.8 Å². The maximum Gasteiger partial charge on any atom is -0.00386 e. The first-order valence-corrected chi connectivity index (χ1v) is 10.9. The van der Waals surface area contributed by atoms with E-state index >= 15 is 0 Å². The van der Waals surface area contributed by atoms with Crippen molar-refractivity contribution in [3.63, 3.8) is 0 Å². The van der Waals surface area contributed by atoms with Crippen molar-refractivity contribution < 1.29 is 0 Å². The average molecular weight is 347 g/mol. The number of fused-ring (bicyclic) bond motifs is 7. The van der Waals surface area contributed by atoms with E-state index in [4.69, 9.17) is 0 Å². The van der Waals surface area contributed by atoms with E-state index in [0.29, 0.717) is 16.2 Å². The highest BCUT2D eigenvalue weighted by atomic mass is 14.6. The first-order chi connectivity index (χ1) is 12.4. The molecule has 0 unspecified atom stereocenters. The van der Waals surface area contributed by atoms with Gasteiger partial charge in [-0.3, -0.25) is 0 Å². The molecule has 2 fully saturated rings. The summed E-state index contributed by atoms with van der Waals surface area (Å²) in [4.78, 5) is 0. The van der Waals surface area contributed by atoms with Crippen molar-refractivity contribution >= 4 is 10.8 Å². The molecule has 2 aromatic carbocycles. The second kappa shape index (κ2) is 5.37. The second-order valence-electron chi connectivity index (χ2n) is 10.8. The quantitative estimate of drug-likeness (QED) is 0.470. The van der Waals surface area contributed by atoms with Gasteiger partial charge in [0.25, 0.3) is 0 Å². The monoisotopic (exact) mass is 346 g/mol. The van der Waals surface area contributed by atoms with Gasteiger partial charge in [-0.05, 0) is 88.5 Å². The molecule has 0 aromatic heterocycles. The molecular formula is C26H34. The van der Waals surface area contributed by atoms with Crippen LogP contribution in [0.1, 0.15) is 77.3 Å². The standard InChI is InChI=1S/C26H34/c1-24(2)15-7-16-26(4)22(24)14-17-25(3)21-12-10-18-8-5-6-9-19(18)20(21)11-13-23(25)26/h5-6,8-10,12,22-23H,7,11,13-17H2,1-4H3/t22-,23-,25-,26-/m0/s1. The molecule has 3 aliphatic rings. The highest BCUT2D eigenvalue weighted by Gasteiger charge is 2.59. The Bertz CT molecular complexity index is 859. The number of benzene rings is 2. The molecule has 0 N–H and O–H groups in total. The van der Waals surface area contributed by atoms with E-state index in [2.05, 4.69) is 64.1 Å². The predicted octanol–water partition coefficient (Wildman–Crippen LogP) is 7.29. The normalized spacial score (nSPS) is 38.3. The Balaban J connectivity index is 1.66. The Labute approximate surface area is 159 Å². The molecule has 0 saturated heterocycles. The average Bonchev–Trinajstić information content (AvgIpc) is 2.60. The third-order valence-corrected chi connectivity index (χ3v) is 9.13. The molecule has 0 spiro atoms. The molecule has 0 heterocycles. The summed E-state index contributed by atoms with van der Waals surface area (Å²) in [6, 6.07) is 13.9. The van der Waals surface area contributed by atoms with Gasteiger partial charge < -0.3 is 0 Å². The lowest BCUT2D eigenvalue weighted by Crippen LogP contribution is -2.57. The van der Waals surface area contributed by atoms with Crippen molar-refractivity contribution in [2.24, 2.45) is 22.7 Å². The molecule has 0 aliphatic heterocycles. The molecule has 0 bridgehead atoms. The van der Waals surface area contributed by atoms with Gasteiger partial charge in [0.05, 0.1) is 0 Å². The zero-order chi connectivity index (χ0) is 18.2. The van der Waals surface area contributed by atoms with Crippen LogP contribution in [0.2, 0.25) is 0 Å². The van der Waals surface area contributed by atoms with Crippen LogP contribution in [0.4, 0.5) is 0 Å². The SMILES string of the molecule is CC1(C)CCC[C@]2(C)[C@H]3CCc4c(ccc5ccccc45)[C@]3(C)CC[C@@H]12. The summed E-state index contributed by atoms with van der Waals surface area (Å²) in [5.74, 6) is 1.76. The molecule has 3 aliphatic carbocycles. The molecule has 0 radical (unpaired) electrons. The lowest BCUT2D eigenvalue weighted by molar-refractivity contribution is -0.110. The molecule has 5 rings (SSSR count). The fraction of sp³-hybridized carbons (Fsp3) is 0.615. The topological polar surface area (TPSA) is 0 Å². The molecule has 26 heavy (non-hydrogen) atoms. The number of rotatable bonds is 0. The van der Waals surface area contributed by atoms with Gasteiger partial charge in [-0.2, -0.15) is 0 Å². The van der Waals surface area contributed by atoms with Gasteiger partial charge in [0.1, 0.15) is 0 Å². The molecular weight excluding hydrogens is 312 g/mol. The lowest BCUT2D eigenvalue weighted by Gasteiger charge is -2.64. The van der Waals surface area contributed by atoms with Crippen molar-refractivity contribution in [3.8, 4) is 0 Å². The van der Waals surface area contributed by atoms with Crippen LogP contribution in [-0.4, -0.2) is 0 Å². The number of aryl methyl sites for hydroxylation is 1. The molecule has 2 aromatic rings. The van der Waals surface area contributed by atoms with Crippen LogP contribution in [-0.2, 0) is 11.8 Å². The molecule has 4 atom stereocenters. The van der Waals surface area contributed by atoms with Gasteiger partial charge in [0, 0.05) is 0 Å². The van der Waals surface area contributed by atoms with E-state index in [1.165, 1.54) is 55.7 Å². The van der Waals surface area contributed by atoms with Crippen molar-refractivity contribution in [3.05, 3.63) is 47.5 Å². The fourth-order valence-corrected chi connectivity index (χ4v) is 8.05. The van der Waals surface area contributed by atoms with Crippen molar-refractivity contribution in [2.45, 2.75) is 78.1 Å². The lowest BCUT2D eigenvalue weighted by atomic mass is 9.40. The van der Waals surface area contributed by atoms with Crippen molar-refractivity contribution in [1.82, 2.24) is 0 Å². The Kier molecular flexibility index (Phi) is 3.48. The fourth-order valence-electron chi connectivity index (χ4n) is 8.05. The van der Waals surface area contributed by atoms with Crippen LogP contribution < -0.4 is 0 Å². The smallest absolute Gasteiger partial charge is 0.00386 e. The van der Waals surface area contributed by atoms with Gasteiger partial charge >= 0.3 is 0 Å². The zero-order valence-electron chi connectivity index (χ0n) is 17.1. The van der Waals surface area contributed by atoms with E-state index in [1.54, 1.807) is 11.1 Å². The summed E-state index contributed by atoms with van der Waals surface area (Å²) in [6.45, 7) is 10.4. The van der Waals surface area contributed by atoms with E-state index in [1.807, 2.05) is 0 Å². The van der Waals surface area contributed by atoms with Crippen LogP contribution in [0.15, 0.2) is 36.4 Å². The highest BCUT2D eigenvalue weighted by molar-refractivity contribution is 5.87. The summed E-state index contributed by atoms with van der Waals surface area (Å²) in [7, 11) is 0. The first kappa shape index (κ1) is 16.8. The molecule has 2 saturated carbocycles. The van der Waals surface area contributed by atoms with Crippen molar-refractivity contribution in [2.75, 3.05) is 0 Å². The van der Waals surface area contributed by atoms with E-state index in [-0.39, 0.29) is 0 Å². The van der Waals surface area contributed by atoms with Crippen LogP contribution in [0, 0.1) is 22.7 Å². The maximum atomic E-state index is 2.67. The predicted molar refractivity (Wildman–Crippen MR) is 112 cm³/mol. The van der Waals surface area contributed by atoms with Gasteiger partial charge in [-0.25, -0.2) is 0 Å². The van der Waals surface area contributed by atoms with Gasteiger partial charge in [0.2, 0.25) is 0 Å². The number of hydrogen-bond acceptors (Lipinski definition) is 0. The first-order valence-electron chi connectivity index (χ1n) is 10.9. The largest absolute Gasteiger partial charge is 0.0616 e. The van der Waals surface area contributed by atoms with Crippen LogP contribution >= 0.6 is 0 Å². The summed E-state index contributed by atoms with van der Waals surface area (Å²) in [5.41, 5.74) is 4.78. The Morgan fingerprint density at radius 1 is 0.808 bits per heavy atom. The van der Waals surface area contributed by atoms with Crippen LogP contribution in [0.3, 0.4) is 0 Å². The zero-order valence-corrected chi connectivity index (χ0v) is 17.1. The Hall–Kier alpha value is -1.30. The maximum absolute atomic E-state index is 2.67. The van der Waals surface area contributed by atoms with E-state index in [0.717, 1.165) is 11.8 Å². The molecule has 0 heteroatoms. The van der Waals surface area contributed by atoms with Crippen LogP contribution in [0.5, 0.6) is 0 Å². The minimum absolute atomic E-state index is 0.371. The summed E-state index contributed by atoms with van der Waals surface area (Å²) >= 11 is 0. The third kappa shape index (κ3) is 2.08. The Morgan fingerprint density at radius 3 is 2.46 bits per heavy atom. The third-order valence-electron chi connectivity index (χ3n) is 9.13. The molecule has 0 nitrogen and oxygen atoms in total. The molecule has 0 amide bonds. The molecule has 138 valence electrons. The summed E-state index contributed by atoms with van der Waals surface area (Å²) in [5, 5.41) is 2.94. The van der Waals surface area contributed by atoms with Crippen molar-refractivity contribution in [1.29, 1.82) is 0 Å². The Morgan fingerprint density at radius 2 is 1.62 bits per heavy atom.